The molecule has 0 bridgehead atoms. The number of carbonyl (C=O) groups is 2. The van der Waals surface area contributed by atoms with Crippen LogP contribution in [0.25, 0.3) is 6.08 Å². The van der Waals surface area contributed by atoms with E-state index in [2.05, 4.69) is 11.4 Å². The minimum Gasteiger partial charge on any atom is -0.458 e. The number of amides is 1. The van der Waals surface area contributed by atoms with E-state index in [1.165, 1.54) is 13.0 Å². The molecule has 0 aromatic heterocycles. The molecule has 5 nitrogen and oxygen atoms in total. The number of nitrogens with one attached hydrogen (secondary N) is 1. The minimum atomic E-state index is -0.428. The van der Waals surface area contributed by atoms with E-state index in [9.17, 15) is 9.59 Å². The van der Waals surface area contributed by atoms with Gasteiger partial charge >= 0.3 is 5.97 Å². The molecule has 1 aliphatic rings. The highest BCUT2D eigenvalue weighted by molar-refractivity contribution is 5.89. The van der Waals surface area contributed by atoms with Gasteiger partial charge in [-0.2, -0.15) is 5.26 Å². The van der Waals surface area contributed by atoms with Crippen molar-refractivity contribution < 1.29 is 14.3 Å². The zero-order valence-electron chi connectivity index (χ0n) is 13.1. The van der Waals surface area contributed by atoms with E-state index >= 15 is 0 Å². The Hall–Kier alpha value is -2.61. The van der Waals surface area contributed by atoms with Crippen LogP contribution in [0, 0.1) is 17.2 Å². The Kier molecular flexibility index (Phi) is 5.93. The van der Waals surface area contributed by atoms with Gasteiger partial charge in [0.1, 0.15) is 6.10 Å². The fraction of sp³-hybridized carbons (Fsp3) is 0.389. The molecule has 1 aromatic carbocycles. The Bertz CT molecular complexity index is 629. The number of anilines is 1. The summed E-state index contributed by atoms with van der Waals surface area (Å²) in [4.78, 5) is 22.8. The third-order valence-electron chi connectivity index (χ3n) is 3.78. The van der Waals surface area contributed by atoms with E-state index in [0.717, 1.165) is 31.2 Å². The molecule has 1 amide bonds. The summed E-state index contributed by atoms with van der Waals surface area (Å²) >= 11 is 0. The lowest BCUT2D eigenvalue weighted by Crippen LogP contribution is -2.28. The number of esters is 1. The van der Waals surface area contributed by atoms with Crippen molar-refractivity contribution in [3.63, 3.8) is 0 Å². The second-order valence-corrected chi connectivity index (χ2v) is 5.63. The normalized spacial score (nSPS) is 20.7. The predicted molar refractivity (Wildman–Crippen MR) is 87.2 cm³/mol. The first-order valence-corrected chi connectivity index (χ1v) is 7.74. The van der Waals surface area contributed by atoms with Crippen LogP contribution < -0.4 is 5.32 Å². The molecule has 5 heteroatoms. The number of ether oxygens (including phenoxy) is 1. The average Bonchev–Trinajstić information content (AvgIpc) is 2.54. The summed E-state index contributed by atoms with van der Waals surface area (Å²) in [6, 6.07) is 9.34. The maximum absolute atomic E-state index is 11.9. The van der Waals surface area contributed by atoms with E-state index in [1.807, 2.05) is 0 Å². The van der Waals surface area contributed by atoms with Gasteiger partial charge in [-0.15, -0.1) is 0 Å². The van der Waals surface area contributed by atoms with E-state index in [0.29, 0.717) is 5.69 Å². The van der Waals surface area contributed by atoms with Crippen LogP contribution in [0.2, 0.25) is 0 Å². The van der Waals surface area contributed by atoms with Crippen molar-refractivity contribution >= 4 is 23.6 Å². The zero-order chi connectivity index (χ0) is 16.7. The molecular formula is C18H20N2O3. The lowest BCUT2D eigenvalue weighted by molar-refractivity contribution is -0.146. The number of nitriles is 1. The molecule has 0 spiro atoms. The van der Waals surface area contributed by atoms with E-state index < -0.39 is 5.97 Å². The Labute approximate surface area is 135 Å². The molecule has 0 heterocycles. The lowest BCUT2D eigenvalue weighted by atomic mass is 9.87. The van der Waals surface area contributed by atoms with Crippen molar-refractivity contribution in [2.24, 2.45) is 5.92 Å². The van der Waals surface area contributed by atoms with Gasteiger partial charge in [0.25, 0.3) is 0 Å². The Morgan fingerprint density at radius 3 is 2.61 bits per heavy atom. The molecule has 0 saturated heterocycles. The number of nitrogens with zero attached hydrogens (tertiary/aromatic N) is 1. The SMILES string of the molecule is CC(=O)Nc1ccc(/C=C/C(=O)O[C@@H]2CCCC[C@H]2C#N)cc1. The summed E-state index contributed by atoms with van der Waals surface area (Å²) in [7, 11) is 0. The predicted octanol–water partition coefficient (Wildman–Crippen LogP) is 3.28. The molecule has 2 atom stereocenters. The number of rotatable bonds is 4. The molecule has 23 heavy (non-hydrogen) atoms. The van der Waals surface area contributed by atoms with Gasteiger partial charge in [0.2, 0.25) is 5.91 Å². The van der Waals surface area contributed by atoms with Crippen molar-refractivity contribution in [1.29, 1.82) is 5.26 Å². The topological polar surface area (TPSA) is 79.2 Å². The van der Waals surface area contributed by atoms with Crippen molar-refractivity contribution in [3.05, 3.63) is 35.9 Å². The monoisotopic (exact) mass is 312 g/mol. The number of hydrogen-bond donors (Lipinski definition) is 1. The summed E-state index contributed by atoms with van der Waals surface area (Å²) in [5.41, 5.74) is 1.54. The number of carbonyl (C=O) groups excluding carboxylic acids is 2. The third-order valence-corrected chi connectivity index (χ3v) is 3.78. The first kappa shape index (κ1) is 16.8. The molecule has 1 N–H and O–H groups in total. The summed E-state index contributed by atoms with van der Waals surface area (Å²) in [6.07, 6.45) is 6.28. The van der Waals surface area contributed by atoms with Crippen LogP contribution in [0.5, 0.6) is 0 Å². The summed E-state index contributed by atoms with van der Waals surface area (Å²) in [5.74, 6) is -0.752. The van der Waals surface area contributed by atoms with Crippen molar-refractivity contribution in [3.8, 4) is 6.07 Å². The number of benzene rings is 1. The number of hydrogen-bond acceptors (Lipinski definition) is 4. The summed E-state index contributed by atoms with van der Waals surface area (Å²) < 4.78 is 5.39. The van der Waals surface area contributed by atoms with Crippen molar-refractivity contribution in [2.45, 2.75) is 38.7 Å². The highest BCUT2D eigenvalue weighted by atomic mass is 16.5. The molecular weight excluding hydrogens is 292 g/mol. The quantitative estimate of drug-likeness (QED) is 0.683. The van der Waals surface area contributed by atoms with Crippen LogP contribution in [-0.4, -0.2) is 18.0 Å². The largest absolute Gasteiger partial charge is 0.458 e. The van der Waals surface area contributed by atoms with Gasteiger partial charge in [-0.25, -0.2) is 4.79 Å². The second-order valence-electron chi connectivity index (χ2n) is 5.63. The highest BCUT2D eigenvalue weighted by Crippen LogP contribution is 2.26. The molecule has 1 aliphatic carbocycles. The zero-order valence-corrected chi connectivity index (χ0v) is 13.1. The Morgan fingerprint density at radius 1 is 1.26 bits per heavy atom. The smallest absolute Gasteiger partial charge is 0.331 e. The molecule has 0 unspecified atom stereocenters. The van der Waals surface area contributed by atoms with Crippen LogP contribution in [0.3, 0.4) is 0 Å². The molecule has 120 valence electrons. The summed E-state index contributed by atoms with van der Waals surface area (Å²) in [6.45, 7) is 1.45. The van der Waals surface area contributed by atoms with Crippen molar-refractivity contribution in [1.82, 2.24) is 0 Å². The third kappa shape index (κ3) is 5.26. The van der Waals surface area contributed by atoms with Gasteiger partial charge < -0.3 is 10.1 Å². The average molecular weight is 312 g/mol. The van der Waals surface area contributed by atoms with Crippen LogP contribution >= 0.6 is 0 Å². The molecule has 0 aliphatic heterocycles. The lowest BCUT2D eigenvalue weighted by Gasteiger charge is -2.25. The molecule has 1 saturated carbocycles. The van der Waals surface area contributed by atoms with Gasteiger partial charge in [-0.1, -0.05) is 18.6 Å². The Balaban J connectivity index is 1.90. The van der Waals surface area contributed by atoms with Gasteiger partial charge in [-0.05, 0) is 43.0 Å². The highest BCUT2D eigenvalue weighted by Gasteiger charge is 2.27. The maximum Gasteiger partial charge on any atom is 0.331 e. The van der Waals surface area contributed by atoms with Gasteiger partial charge in [0, 0.05) is 18.7 Å². The van der Waals surface area contributed by atoms with E-state index in [1.54, 1.807) is 30.3 Å². The minimum absolute atomic E-state index is 0.128. The maximum atomic E-state index is 11.9. The fourth-order valence-corrected chi connectivity index (χ4v) is 2.62. The Morgan fingerprint density at radius 2 is 1.96 bits per heavy atom. The van der Waals surface area contributed by atoms with E-state index in [-0.39, 0.29) is 17.9 Å². The first-order valence-electron chi connectivity index (χ1n) is 7.74. The molecule has 1 aromatic rings. The van der Waals surface area contributed by atoms with Crippen LogP contribution in [0.15, 0.2) is 30.3 Å². The van der Waals surface area contributed by atoms with Gasteiger partial charge in [0.15, 0.2) is 0 Å². The van der Waals surface area contributed by atoms with Crippen LogP contribution in [-0.2, 0) is 14.3 Å². The van der Waals surface area contributed by atoms with Gasteiger partial charge in [0.05, 0.1) is 12.0 Å². The standard InChI is InChI=1S/C18H20N2O3/c1-13(21)20-16-9-6-14(7-10-16)8-11-18(22)23-17-5-3-2-4-15(17)12-19/h6-11,15,17H,2-5H2,1H3,(H,20,21)/b11-8+/t15-,17+/m0/s1. The van der Waals surface area contributed by atoms with E-state index in [4.69, 9.17) is 10.00 Å². The second kappa shape index (κ2) is 8.14. The van der Waals surface area contributed by atoms with Crippen LogP contribution in [0.4, 0.5) is 5.69 Å². The van der Waals surface area contributed by atoms with Crippen molar-refractivity contribution in [2.75, 3.05) is 5.32 Å². The molecule has 1 fully saturated rings. The first-order chi connectivity index (χ1) is 11.1. The fourth-order valence-electron chi connectivity index (χ4n) is 2.62. The van der Waals surface area contributed by atoms with Crippen LogP contribution in [0.1, 0.15) is 38.2 Å². The summed E-state index contributed by atoms with van der Waals surface area (Å²) in [5, 5.41) is 11.8. The molecule has 2 rings (SSSR count). The molecule has 0 radical (unpaired) electrons. The van der Waals surface area contributed by atoms with Gasteiger partial charge in [-0.3, -0.25) is 4.79 Å².